The molecule has 0 bridgehead atoms. The topological polar surface area (TPSA) is 46.5 Å². The van der Waals surface area contributed by atoms with Crippen molar-refractivity contribution < 1.29 is 14.6 Å². The van der Waals surface area contributed by atoms with Gasteiger partial charge in [0.1, 0.15) is 5.75 Å². The molecule has 1 rings (SSSR count). The maximum atomic E-state index is 10.6. The van der Waals surface area contributed by atoms with Gasteiger partial charge in [-0.15, -0.1) is 0 Å². The molecule has 0 saturated carbocycles. The molecule has 1 atom stereocenters. The van der Waals surface area contributed by atoms with Crippen molar-refractivity contribution in [3.05, 3.63) is 34.9 Å². The molecule has 0 spiro atoms. The molecule has 0 heterocycles. The highest BCUT2D eigenvalue weighted by Crippen LogP contribution is 2.30. The van der Waals surface area contributed by atoms with Gasteiger partial charge in [-0.1, -0.05) is 44.0 Å². The molecule has 0 aliphatic carbocycles. The Morgan fingerprint density at radius 3 is 2.89 bits per heavy atom. The summed E-state index contributed by atoms with van der Waals surface area (Å²) < 4.78 is 5.74. The monoisotopic (exact) mass is 282 g/mol. The summed E-state index contributed by atoms with van der Waals surface area (Å²) in [6.07, 6.45) is 4.77. The predicted molar refractivity (Wildman–Crippen MR) is 77.7 cm³/mol. The van der Waals surface area contributed by atoms with Crippen LogP contribution in [0.1, 0.15) is 32.3 Å². The fourth-order valence-corrected chi connectivity index (χ4v) is 2.01. The van der Waals surface area contributed by atoms with Gasteiger partial charge in [-0.3, -0.25) is 0 Å². The first-order valence-electron chi connectivity index (χ1n) is 6.37. The third-order valence-electron chi connectivity index (χ3n) is 2.70. The average Bonchev–Trinajstić information content (AvgIpc) is 2.35. The van der Waals surface area contributed by atoms with Gasteiger partial charge < -0.3 is 9.84 Å². The Morgan fingerprint density at radius 1 is 1.53 bits per heavy atom. The number of carboxylic acids is 1. The Labute approximate surface area is 118 Å². The van der Waals surface area contributed by atoms with E-state index < -0.39 is 5.97 Å². The summed E-state index contributed by atoms with van der Waals surface area (Å²) in [5, 5.41) is 9.16. The summed E-state index contributed by atoms with van der Waals surface area (Å²) in [6.45, 7) is 4.83. The van der Waals surface area contributed by atoms with Crippen LogP contribution in [0.4, 0.5) is 0 Å². The molecular weight excluding hydrogens is 264 g/mol. The number of ether oxygens (including phenoxy) is 1. The molecule has 3 nitrogen and oxygen atoms in total. The Bertz CT molecular complexity index is 455. The van der Waals surface area contributed by atoms with Gasteiger partial charge in [0.15, 0.2) is 0 Å². The van der Waals surface area contributed by atoms with Crippen molar-refractivity contribution in [3.63, 3.8) is 0 Å². The largest absolute Gasteiger partial charge is 0.491 e. The molecule has 0 saturated heterocycles. The molecule has 1 aromatic carbocycles. The Morgan fingerprint density at radius 2 is 2.26 bits per heavy atom. The standard InChI is InChI=1S/C15H19ClO3/c1-3-5-11(2)10-19-15-12(8-9-14(17)18)6-4-7-13(15)16/h4,6-9,11H,3,5,10H2,1-2H3,(H,17,18)/b9-8+. The second-order valence-electron chi connectivity index (χ2n) is 4.53. The lowest BCUT2D eigenvalue weighted by molar-refractivity contribution is -0.131. The lowest BCUT2D eigenvalue weighted by Gasteiger charge is -2.15. The molecular formula is C15H19ClO3. The number of carboxylic acid groups (broad SMARTS) is 1. The highest BCUT2D eigenvalue weighted by Gasteiger charge is 2.09. The molecule has 19 heavy (non-hydrogen) atoms. The zero-order chi connectivity index (χ0) is 14.3. The van der Waals surface area contributed by atoms with Crippen LogP contribution >= 0.6 is 11.6 Å². The number of benzene rings is 1. The van der Waals surface area contributed by atoms with E-state index in [1.807, 2.05) is 0 Å². The highest BCUT2D eigenvalue weighted by atomic mass is 35.5. The predicted octanol–water partition coefficient (Wildman–Crippen LogP) is 4.25. The lowest BCUT2D eigenvalue weighted by atomic mass is 10.1. The number of para-hydroxylation sites is 1. The van der Waals surface area contributed by atoms with Crippen molar-refractivity contribution >= 4 is 23.6 Å². The molecule has 0 aliphatic rings. The quantitative estimate of drug-likeness (QED) is 0.760. The van der Waals surface area contributed by atoms with E-state index in [2.05, 4.69) is 13.8 Å². The third kappa shape index (κ3) is 5.35. The average molecular weight is 283 g/mol. The maximum Gasteiger partial charge on any atom is 0.328 e. The van der Waals surface area contributed by atoms with Gasteiger partial charge in [-0.2, -0.15) is 0 Å². The smallest absolute Gasteiger partial charge is 0.328 e. The van der Waals surface area contributed by atoms with Crippen molar-refractivity contribution in [2.75, 3.05) is 6.61 Å². The number of rotatable bonds is 7. The third-order valence-corrected chi connectivity index (χ3v) is 2.99. The summed E-state index contributed by atoms with van der Waals surface area (Å²) in [7, 11) is 0. The normalized spacial score (nSPS) is 12.6. The van der Waals surface area contributed by atoms with Crippen molar-refractivity contribution in [1.82, 2.24) is 0 Å². The van der Waals surface area contributed by atoms with Gasteiger partial charge in [-0.05, 0) is 24.5 Å². The minimum Gasteiger partial charge on any atom is -0.491 e. The SMILES string of the molecule is CCCC(C)COc1c(Cl)cccc1/C=C/C(=O)O. The van der Waals surface area contributed by atoms with E-state index >= 15 is 0 Å². The fourth-order valence-electron chi connectivity index (χ4n) is 1.77. The first kappa shape index (κ1) is 15.6. The Hall–Kier alpha value is -1.48. The Balaban J connectivity index is 2.83. The summed E-state index contributed by atoms with van der Waals surface area (Å²) in [6, 6.07) is 5.29. The van der Waals surface area contributed by atoms with Gasteiger partial charge in [0, 0.05) is 11.6 Å². The number of halogens is 1. The van der Waals surface area contributed by atoms with Crippen LogP contribution in [0.3, 0.4) is 0 Å². The second-order valence-corrected chi connectivity index (χ2v) is 4.94. The molecule has 0 amide bonds. The molecule has 0 fully saturated rings. The van der Waals surface area contributed by atoms with Crippen molar-refractivity contribution in [1.29, 1.82) is 0 Å². The molecule has 0 aromatic heterocycles. The summed E-state index contributed by atoms with van der Waals surface area (Å²) in [5.74, 6) is -0.00697. The molecule has 1 aromatic rings. The van der Waals surface area contributed by atoms with Gasteiger partial charge >= 0.3 is 5.97 Å². The van der Waals surface area contributed by atoms with Crippen LogP contribution in [0.2, 0.25) is 5.02 Å². The maximum absolute atomic E-state index is 10.6. The summed E-state index contributed by atoms with van der Waals surface area (Å²) in [5.41, 5.74) is 0.679. The van der Waals surface area contributed by atoms with E-state index in [1.54, 1.807) is 18.2 Å². The van der Waals surface area contributed by atoms with E-state index in [0.717, 1.165) is 18.9 Å². The highest BCUT2D eigenvalue weighted by molar-refractivity contribution is 6.32. The van der Waals surface area contributed by atoms with Crippen molar-refractivity contribution in [2.24, 2.45) is 5.92 Å². The zero-order valence-electron chi connectivity index (χ0n) is 11.2. The van der Waals surface area contributed by atoms with Crippen molar-refractivity contribution in [2.45, 2.75) is 26.7 Å². The van der Waals surface area contributed by atoms with Gasteiger partial charge in [-0.25, -0.2) is 4.79 Å². The first-order valence-corrected chi connectivity index (χ1v) is 6.74. The van der Waals surface area contributed by atoms with Crippen LogP contribution in [-0.4, -0.2) is 17.7 Å². The minimum absolute atomic E-state index is 0.442. The molecule has 0 aliphatic heterocycles. The van der Waals surface area contributed by atoms with Gasteiger partial charge in [0.2, 0.25) is 0 Å². The number of hydrogen-bond donors (Lipinski definition) is 1. The molecule has 104 valence electrons. The fraction of sp³-hybridized carbons (Fsp3) is 0.400. The summed E-state index contributed by atoms with van der Waals surface area (Å²) in [4.78, 5) is 10.6. The van der Waals surface area contributed by atoms with E-state index in [9.17, 15) is 4.79 Å². The zero-order valence-corrected chi connectivity index (χ0v) is 12.0. The van der Waals surface area contributed by atoms with Gasteiger partial charge in [0.05, 0.1) is 11.6 Å². The lowest BCUT2D eigenvalue weighted by Crippen LogP contribution is -2.09. The van der Waals surface area contributed by atoms with Crippen LogP contribution in [0.25, 0.3) is 6.08 Å². The van der Waals surface area contributed by atoms with Crippen LogP contribution in [0.5, 0.6) is 5.75 Å². The molecule has 0 radical (unpaired) electrons. The Kier molecular flexibility index (Phi) is 6.43. The minimum atomic E-state index is -0.995. The number of aliphatic carboxylic acids is 1. The first-order chi connectivity index (χ1) is 9.04. The van der Waals surface area contributed by atoms with E-state index in [-0.39, 0.29) is 0 Å². The van der Waals surface area contributed by atoms with E-state index in [0.29, 0.717) is 28.9 Å². The van der Waals surface area contributed by atoms with Gasteiger partial charge in [0.25, 0.3) is 0 Å². The van der Waals surface area contributed by atoms with Crippen LogP contribution in [-0.2, 0) is 4.79 Å². The van der Waals surface area contributed by atoms with Crippen molar-refractivity contribution in [3.8, 4) is 5.75 Å². The van der Waals surface area contributed by atoms with Crippen LogP contribution in [0, 0.1) is 5.92 Å². The van der Waals surface area contributed by atoms with E-state index in [4.69, 9.17) is 21.4 Å². The molecule has 4 heteroatoms. The molecule has 1 N–H and O–H groups in total. The number of carbonyl (C=O) groups is 1. The summed E-state index contributed by atoms with van der Waals surface area (Å²) >= 11 is 6.10. The number of hydrogen-bond acceptors (Lipinski definition) is 2. The van der Waals surface area contributed by atoms with Crippen LogP contribution in [0.15, 0.2) is 24.3 Å². The second kappa shape index (κ2) is 7.85. The molecule has 1 unspecified atom stereocenters. The van der Waals surface area contributed by atoms with E-state index in [1.165, 1.54) is 6.08 Å². The van der Waals surface area contributed by atoms with Crippen LogP contribution < -0.4 is 4.74 Å².